The molecule has 2 atom stereocenters. The Hall–Kier alpha value is -1.47. The maximum atomic E-state index is 12.0. The van der Waals surface area contributed by atoms with E-state index in [1.807, 2.05) is 25.5 Å². The van der Waals surface area contributed by atoms with Gasteiger partial charge in [0.15, 0.2) is 0 Å². The van der Waals surface area contributed by atoms with Gasteiger partial charge in [0, 0.05) is 31.6 Å². The molecule has 0 aliphatic carbocycles. The van der Waals surface area contributed by atoms with Crippen molar-refractivity contribution in [1.29, 1.82) is 0 Å². The Kier molecular flexibility index (Phi) is 4.18. The Morgan fingerprint density at radius 2 is 2.32 bits per heavy atom. The molecule has 0 aromatic carbocycles. The molecule has 7 heteroatoms. The van der Waals surface area contributed by atoms with Crippen LogP contribution in [-0.4, -0.2) is 57.1 Å². The minimum atomic E-state index is -0.170. The molecule has 7 nitrogen and oxygen atoms in total. The number of carbonyl (C=O) groups is 1. The molecule has 0 bridgehead atoms. The zero-order chi connectivity index (χ0) is 15.7. The van der Waals surface area contributed by atoms with Gasteiger partial charge in [-0.15, -0.1) is 5.10 Å². The number of hydrogen-bond donors (Lipinski definition) is 1. The number of hydrogen-bond acceptors (Lipinski definition) is 5. The number of piperidine rings is 1. The molecule has 1 aromatic heterocycles. The van der Waals surface area contributed by atoms with Crippen LogP contribution in [0, 0.1) is 0 Å². The number of nitrogens with zero attached hydrogens (tertiary/aromatic N) is 4. The number of carbonyl (C=O) groups excluding carboxylic acids is 1. The van der Waals surface area contributed by atoms with Crippen molar-refractivity contribution in [3.63, 3.8) is 0 Å². The molecule has 3 rings (SSSR count). The second kappa shape index (κ2) is 5.96. The average molecular weight is 307 g/mol. The minimum Gasteiger partial charge on any atom is -0.370 e. The molecular weight excluding hydrogens is 282 g/mol. The van der Waals surface area contributed by atoms with Crippen molar-refractivity contribution in [3.8, 4) is 0 Å². The first-order valence-electron chi connectivity index (χ1n) is 7.96. The monoisotopic (exact) mass is 307 g/mol. The lowest BCUT2D eigenvalue weighted by atomic mass is 10.00. The zero-order valence-electron chi connectivity index (χ0n) is 13.6. The molecule has 0 unspecified atom stereocenters. The normalized spacial score (nSPS) is 25.4. The lowest BCUT2D eigenvalue weighted by Crippen LogP contribution is -2.49. The molecule has 1 saturated heterocycles. The predicted octanol–water partition coefficient (Wildman–Crippen LogP) is 0.729. The molecule has 1 fully saturated rings. The van der Waals surface area contributed by atoms with Crippen LogP contribution in [0.2, 0.25) is 0 Å². The van der Waals surface area contributed by atoms with Gasteiger partial charge in [0.1, 0.15) is 0 Å². The Labute approximate surface area is 131 Å². The standard InChI is InChI=1S/C15H25N5O2/c1-15(2,3)17-14(21)5-7-19-6-4-13-12(9-19)20-11(10-22-13)8-16-18-20/h8,12-13H,4-7,9-10H2,1-3H3,(H,17,21)/t12-,13+/m0/s1. The van der Waals surface area contributed by atoms with Crippen molar-refractivity contribution in [2.24, 2.45) is 0 Å². The van der Waals surface area contributed by atoms with Crippen LogP contribution in [0.5, 0.6) is 0 Å². The fourth-order valence-electron chi connectivity index (χ4n) is 3.19. The van der Waals surface area contributed by atoms with E-state index in [-0.39, 0.29) is 23.6 Å². The van der Waals surface area contributed by atoms with Gasteiger partial charge in [0.05, 0.1) is 30.6 Å². The van der Waals surface area contributed by atoms with Gasteiger partial charge < -0.3 is 15.0 Å². The van der Waals surface area contributed by atoms with Crippen molar-refractivity contribution in [2.75, 3.05) is 19.6 Å². The van der Waals surface area contributed by atoms with E-state index in [9.17, 15) is 4.79 Å². The third-order valence-electron chi connectivity index (χ3n) is 4.18. The van der Waals surface area contributed by atoms with E-state index >= 15 is 0 Å². The second-order valence-corrected chi connectivity index (χ2v) is 7.22. The number of rotatable bonds is 3. The maximum Gasteiger partial charge on any atom is 0.221 e. The topological polar surface area (TPSA) is 72.3 Å². The van der Waals surface area contributed by atoms with Crippen LogP contribution in [0.15, 0.2) is 6.20 Å². The van der Waals surface area contributed by atoms with Crippen LogP contribution in [0.1, 0.15) is 45.3 Å². The van der Waals surface area contributed by atoms with Crippen LogP contribution in [0.3, 0.4) is 0 Å². The summed E-state index contributed by atoms with van der Waals surface area (Å²) >= 11 is 0. The average Bonchev–Trinajstić information content (AvgIpc) is 2.92. The number of ether oxygens (including phenoxy) is 1. The quantitative estimate of drug-likeness (QED) is 0.891. The molecule has 0 saturated carbocycles. The van der Waals surface area contributed by atoms with Gasteiger partial charge in [0.2, 0.25) is 5.91 Å². The number of aromatic nitrogens is 3. The van der Waals surface area contributed by atoms with Crippen LogP contribution in [0.25, 0.3) is 0 Å². The lowest BCUT2D eigenvalue weighted by molar-refractivity contribution is -0.123. The van der Waals surface area contributed by atoms with Crippen molar-refractivity contribution >= 4 is 5.91 Å². The third-order valence-corrected chi connectivity index (χ3v) is 4.18. The van der Waals surface area contributed by atoms with E-state index in [1.54, 1.807) is 6.20 Å². The maximum absolute atomic E-state index is 12.0. The van der Waals surface area contributed by atoms with Gasteiger partial charge in [-0.2, -0.15) is 0 Å². The molecule has 2 aliphatic heterocycles. The Morgan fingerprint density at radius 3 is 3.09 bits per heavy atom. The highest BCUT2D eigenvalue weighted by atomic mass is 16.5. The molecule has 1 aromatic rings. The highest BCUT2D eigenvalue weighted by Gasteiger charge is 2.36. The van der Waals surface area contributed by atoms with Crippen LogP contribution < -0.4 is 5.32 Å². The Morgan fingerprint density at radius 1 is 1.50 bits per heavy atom. The third kappa shape index (κ3) is 3.47. The van der Waals surface area contributed by atoms with Crippen LogP contribution in [-0.2, 0) is 16.1 Å². The molecule has 3 heterocycles. The summed E-state index contributed by atoms with van der Waals surface area (Å²) in [5.41, 5.74) is 0.866. The first-order valence-corrected chi connectivity index (χ1v) is 7.96. The fourth-order valence-corrected chi connectivity index (χ4v) is 3.19. The number of amides is 1. The molecule has 1 N–H and O–H groups in total. The highest BCUT2D eigenvalue weighted by molar-refractivity contribution is 5.76. The number of nitrogens with one attached hydrogen (secondary N) is 1. The summed E-state index contributed by atoms with van der Waals surface area (Å²) < 4.78 is 7.90. The van der Waals surface area contributed by atoms with E-state index in [1.165, 1.54) is 0 Å². The molecule has 2 aliphatic rings. The van der Waals surface area contributed by atoms with E-state index < -0.39 is 0 Å². The zero-order valence-corrected chi connectivity index (χ0v) is 13.6. The van der Waals surface area contributed by atoms with E-state index in [0.29, 0.717) is 13.0 Å². The molecule has 122 valence electrons. The summed E-state index contributed by atoms with van der Waals surface area (Å²) in [5.74, 6) is 0.107. The summed E-state index contributed by atoms with van der Waals surface area (Å²) in [6, 6.07) is 0.214. The van der Waals surface area contributed by atoms with Crippen LogP contribution in [0.4, 0.5) is 0 Å². The summed E-state index contributed by atoms with van der Waals surface area (Å²) in [6.45, 7) is 9.21. The van der Waals surface area contributed by atoms with Crippen molar-refractivity contribution in [3.05, 3.63) is 11.9 Å². The van der Waals surface area contributed by atoms with Gasteiger partial charge in [-0.1, -0.05) is 5.21 Å². The van der Waals surface area contributed by atoms with E-state index in [2.05, 4.69) is 20.5 Å². The smallest absolute Gasteiger partial charge is 0.221 e. The summed E-state index contributed by atoms with van der Waals surface area (Å²) in [5, 5.41) is 11.2. The first kappa shape index (κ1) is 15.4. The van der Waals surface area contributed by atoms with Gasteiger partial charge in [-0.3, -0.25) is 4.79 Å². The number of fused-ring (bicyclic) bond motifs is 3. The van der Waals surface area contributed by atoms with Crippen molar-refractivity contribution < 1.29 is 9.53 Å². The Bertz CT molecular complexity index is 536. The van der Waals surface area contributed by atoms with E-state index in [0.717, 1.165) is 31.7 Å². The van der Waals surface area contributed by atoms with Crippen molar-refractivity contribution in [2.45, 2.75) is 57.9 Å². The van der Waals surface area contributed by atoms with Gasteiger partial charge in [-0.05, 0) is 27.2 Å². The largest absolute Gasteiger partial charge is 0.370 e. The highest BCUT2D eigenvalue weighted by Crippen LogP contribution is 2.29. The lowest BCUT2D eigenvalue weighted by Gasteiger charge is -2.41. The molecule has 0 radical (unpaired) electrons. The molecule has 1 amide bonds. The van der Waals surface area contributed by atoms with Crippen molar-refractivity contribution in [1.82, 2.24) is 25.2 Å². The first-order chi connectivity index (χ1) is 10.4. The molecule has 22 heavy (non-hydrogen) atoms. The second-order valence-electron chi connectivity index (χ2n) is 7.22. The van der Waals surface area contributed by atoms with Gasteiger partial charge in [0.25, 0.3) is 0 Å². The molecular formula is C15H25N5O2. The molecule has 0 spiro atoms. The SMILES string of the molecule is CC(C)(C)NC(=O)CCN1CC[C@H]2OCc3cnnn3[C@H]2C1. The summed E-state index contributed by atoms with van der Waals surface area (Å²) in [6.07, 6.45) is 3.49. The van der Waals surface area contributed by atoms with Gasteiger partial charge in [-0.25, -0.2) is 4.68 Å². The van der Waals surface area contributed by atoms with E-state index in [4.69, 9.17) is 4.74 Å². The van der Waals surface area contributed by atoms with Gasteiger partial charge >= 0.3 is 0 Å². The minimum absolute atomic E-state index is 0.107. The predicted molar refractivity (Wildman–Crippen MR) is 81.2 cm³/mol. The number of likely N-dealkylation sites (tertiary alicyclic amines) is 1. The van der Waals surface area contributed by atoms with Crippen LogP contribution >= 0.6 is 0 Å². The summed E-state index contributed by atoms with van der Waals surface area (Å²) in [7, 11) is 0. The summed E-state index contributed by atoms with van der Waals surface area (Å²) in [4.78, 5) is 14.3. The Balaban J connectivity index is 1.55. The fraction of sp³-hybridized carbons (Fsp3) is 0.800.